The summed E-state index contributed by atoms with van der Waals surface area (Å²) < 4.78 is 24.3. The third-order valence-electron chi connectivity index (χ3n) is 2.81. The van der Waals surface area contributed by atoms with Gasteiger partial charge in [0.1, 0.15) is 0 Å². The second kappa shape index (κ2) is 7.48. The Bertz CT molecular complexity index is 517. The number of nitrogens with one attached hydrogen (secondary N) is 1. The van der Waals surface area contributed by atoms with Gasteiger partial charge in [-0.3, -0.25) is 0 Å². The molecule has 1 aromatic rings. The minimum Gasteiger partial charge on any atom is -0.314 e. The highest BCUT2D eigenvalue weighted by Crippen LogP contribution is 2.25. The number of rotatable bonds is 7. The van der Waals surface area contributed by atoms with E-state index in [9.17, 15) is 8.42 Å². The lowest BCUT2D eigenvalue weighted by Gasteiger charge is -2.13. The van der Waals surface area contributed by atoms with E-state index in [4.69, 9.17) is 23.2 Å². The quantitative estimate of drug-likeness (QED) is 0.834. The average Bonchev–Trinajstić information content (AvgIpc) is 2.37. The van der Waals surface area contributed by atoms with E-state index in [0.29, 0.717) is 11.4 Å². The van der Waals surface area contributed by atoms with Crippen molar-refractivity contribution < 1.29 is 8.42 Å². The Morgan fingerprint density at radius 3 is 2.53 bits per heavy atom. The minimum atomic E-state index is -3.30. The predicted molar refractivity (Wildman–Crippen MR) is 80.9 cm³/mol. The van der Waals surface area contributed by atoms with Crippen LogP contribution in [0.5, 0.6) is 0 Å². The van der Waals surface area contributed by atoms with Gasteiger partial charge in [-0.25, -0.2) is 8.42 Å². The molecule has 19 heavy (non-hydrogen) atoms. The first-order chi connectivity index (χ1) is 8.86. The highest BCUT2D eigenvalue weighted by atomic mass is 35.5. The SMILES string of the molecule is CCCNC(C)CCS(=O)(=O)c1ccc(Cl)c(Cl)c1. The highest BCUT2D eigenvalue weighted by molar-refractivity contribution is 7.91. The molecule has 1 rings (SSSR count). The molecule has 6 heteroatoms. The predicted octanol–water partition coefficient (Wildman–Crippen LogP) is 3.55. The van der Waals surface area contributed by atoms with Gasteiger partial charge >= 0.3 is 0 Å². The Kier molecular flexibility index (Phi) is 6.60. The van der Waals surface area contributed by atoms with Gasteiger partial charge in [0.2, 0.25) is 0 Å². The van der Waals surface area contributed by atoms with Crippen molar-refractivity contribution in [3.63, 3.8) is 0 Å². The zero-order valence-corrected chi connectivity index (χ0v) is 13.4. The highest BCUT2D eigenvalue weighted by Gasteiger charge is 2.17. The van der Waals surface area contributed by atoms with Gasteiger partial charge in [0.05, 0.1) is 20.7 Å². The first-order valence-corrected chi connectivity index (χ1v) is 8.69. The zero-order chi connectivity index (χ0) is 14.5. The van der Waals surface area contributed by atoms with Crippen molar-refractivity contribution in [2.24, 2.45) is 0 Å². The summed E-state index contributed by atoms with van der Waals surface area (Å²) in [4.78, 5) is 0.226. The maximum atomic E-state index is 12.1. The van der Waals surface area contributed by atoms with Gasteiger partial charge in [0, 0.05) is 6.04 Å². The Morgan fingerprint density at radius 1 is 1.26 bits per heavy atom. The maximum Gasteiger partial charge on any atom is 0.178 e. The van der Waals surface area contributed by atoms with E-state index in [-0.39, 0.29) is 21.7 Å². The van der Waals surface area contributed by atoms with Crippen LogP contribution in [0.15, 0.2) is 23.1 Å². The van der Waals surface area contributed by atoms with Crippen LogP contribution in [0.4, 0.5) is 0 Å². The van der Waals surface area contributed by atoms with Gasteiger partial charge in [0.15, 0.2) is 9.84 Å². The molecule has 1 N–H and O–H groups in total. The number of benzene rings is 1. The first kappa shape index (κ1) is 16.8. The van der Waals surface area contributed by atoms with Gasteiger partial charge in [-0.2, -0.15) is 0 Å². The lowest BCUT2D eigenvalue weighted by atomic mass is 10.2. The Hall–Kier alpha value is -0.290. The molecular weight excluding hydrogens is 305 g/mol. The molecule has 0 bridgehead atoms. The summed E-state index contributed by atoms with van der Waals surface area (Å²) in [5.74, 6) is 0.100. The lowest BCUT2D eigenvalue weighted by molar-refractivity contribution is 0.525. The van der Waals surface area contributed by atoms with Crippen molar-refractivity contribution in [3.05, 3.63) is 28.2 Å². The van der Waals surface area contributed by atoms with Crippen LogP contribution < -0.4 is 5.32 Å². The summed E-state index contributed by atoms with van der Waals surface area (Å²) in [5.41, 5.74) is 0. The van der Waals surface area contributed by atoms with E-state index in [1.54, 1.807) is 0 Å². The third kappa shape index (κ3) is 5.30. The Morgan fingerprint density at radius 2 is 1.95 bits per heavy atom. The third-order valence-corrected chi connectivity index (χ3v) is 5.30. The van der Waals surface area contributed by atoms with Crippen molar-refractivity contribution in [2.75, 3.05) is 12.3 Å². The van der Waals surface area contributed by atoms with Crippen LogP contribution in [0.25, 0.3) is 0 Å². The summed E-state index contributed by atoms with van der Waals surface area (Å²) >= 11 is 11.6. The van der Waals surface area contributed by atoms with Gasteiger partial charge < -0.3 is 5.32 Å². The van der Waals surface area contributed by atoms with Gasteiger partial charge in [-0.05, 0) is 44.5 Å². The fourth-order valence-electron chi connectivity index (χ4n) is 1.61. The zero-order valence-electron chi connectivity index (χ0n) is 11.1. The van der Waals surface area contributed by atoms with Crippen molar-refractivity contribution in [3.8, 4) is 0 Å². The minimum absolute atomic E-state index is 0.100. The monoisotopic (exact) mass is 323 g/mol. The van der Waals surface area contributed by atoms with Crippen molar-refractivity contribution in [2.45, 2.75) is 37.6 Å². The molecule has 1 unspecified atom stereocenters. The van der Waals surface area contributed by atoms with E-state index in [2.05, 4.69) is 12.2 Å². The summed E-state index contributed by atoms with van der Waals surface area (Å²) in [6.07, 6.45) is 1.60. The van der Waals surface area contributed by atoms with Gasteiger partial charge in [0.25, 0.3) is 0 Å². The first-order valence-electron chi connectivity index (χ1n) is 6.28. The molecule has 0 radical (unpaired) electrons. The molecule has 0 fully saturated rings. The number of sulfone groups is 1. The van der Waals surface area contributed by atoms with Crippen molar-refractivity contribution >= 4 is 33.0 Å². The van der Waals surface area contributed by atoms with Crippen LogP contribution in [0, 0.1) is 0 Å². The van der Waals surface area contributed by atoms with Crippen molar-refractivity contribution in [1.29, 1.82) is 0 Å². The smallest absolute Gasteiger partial charge is 0.178 e. The molecule has 0 aliphatic heterocycles. The molecule has 0 aromatic heterocycles. The molecule has 0 saturated heterocycles. The van der Waals surface area contributed by atoms with Crippen LogP contribution >= 0.6 is 23.2 Å². The van der Waals surface area contributed by atoms with E-state index >= 15 is 0 Å². The Labute approximate surface area is 125 Å². The molecule has 0 spiro atoms. The molecule has 3 nitrogen and oxygen atoms in total. The van der Waals surface area contributed by atoms with E-state index < -0.39 is 9.84 Å². The summed E-state index contributed by atoms with van der Waals surface area (Å²) in [5, 5.41) is 3.89. The fourth-order valence-corrected chi connectivity index (χ4v) is 3.45. The second-order valence-corrected chi connectivity index (χ2v) is 7.46. The number of hydrogen-bond acceptors (Lipinski definition) is 3. The van der Waals surface area contributed by atoms with E-state index in [1.807, 2.05) is 6.92 Å². The molecule has 1 atom stereocenters. The molecule has 0 aliphatic carbocycles. The number of hydrogen-bond donors (Lipinski definition) is 1. The van der Waals surface area contributed by atoms with Crippen LogP contribution in [-0.4, -0.2) is 26.8 Å². The molecule has 0 aliphatic rings. The molecule has 0 heterocycles. The molecule has 0 amide bonds. The van der Waals surface area contributed by atoms with Crippen LogP contribution in [0.2, 0.25) is 10.0 Å². The largest absolute Gasteiger partial charge is 0.314 e. The summed E-state index contributed by atoms with van der Waals surface area (Å²) in [6, 6.07) is 4.59. The number of halogens is 2. The normalized spacial score (nSPS) is 13.5. The van der Waals surface area contributed by atoms with Crippen molar-refractivity contribution in [1.82, 2.24) is 5.32 Å². The standard InChI is InChI=1S/C13H19Cl2NO2S/c1-3-7-16-10(2)6-8-19(17,18)11-4-5-12(14)13(15)9-11/h4-5,9-10,16H,3,6-8H2,1-2H3. The van der Waals surface area contributed by atoms with Crippen LogP contribution in [0.1, 0.15) is 26.7 Å². The van der Waals surface area contributed by atoms with Crippen LogP contribution in [-0.2, 0) is 9.84 Å². The molecular formula is C13H19Cl2NO2S. The topological polar surface area (TPSA) is 46.2 Å². The fraction of sp³-hybridized carbons (Fsp3) is 0.538. The van der Waals surface area contributed by atoms with E-state index in [1.165, 1.54) is 18.2 Å². The average molecular weight is 324 g/mol. The van der Waals surface area contributed by atoms with Gasteiger partial charge in [-0.15, -0.1) is 0 Å². The summed E-state index contributed by atoms with van der Waals surface area (Å²) in [6.45, 7) is 4.96. The Balaban J connectivity index is 2.68. The molecule has 1 aromatic carbocycles. The maximum absolute atomic E-state index is 12.1. The molecule has 108 valence electrons. The summed E-state index contributed by atoms with van der Waals surface area (Å²) in [7, 11) is -3.30. The van der Waals surface area contributed by atoms with Crippen LogP contribution in [0.3, 0.4) is 0 Å². The lowest BCUT2D eigenvalue weighted by Crippen LogP contribution is -2.28. The van der Waals surface area contributed by atoms with Gasteiger partial charge in [-0.1, -0.05) is 30.1 Å². The van der Waals surface area contributed by atoms with E-state index in [0.717, 1.165) is 13.0 Å². The second-order valence-electron chi connectivity index (χ2n) is 4.54. The molecule has 0 saturated carbocycles.